The first kappa shape index (κ1) is 25.9. The highest BCUT2D eigenvalue weighted by Crippen LogP contribution is 2.25. The molecule has 5 rings (SSSR count). The summed E-state index contributed by atoms with van der Waals surface area (Å²) in [7, 11) is 0. The average Bonchev–Trinajstić information content (AvgIpc) is 2.94. The Balaban J connectivity index is 1.26. The molecule has 0 unspecified atom stereocenters. The smallest absolute Gasteiger partial charge is 0.274 e. The van der Waals surface area contributed by atoms with Gasteiger partial charge in [-0.05, 0) is 57.9 Å². The summed E-state index contributed by atoms with van der Waals surface area (Å²) in [5.74, 6) is 0.913. The zero-order valence-corrected chi connectivity index (χ0v) is 22.5. The number of piperazine rings is 1. The fourth-order valence-corrected chi connectivity index (χ4v) is 4.73. The van der Waals surface area contributed by atoms with Gasteiger partial charge < -0.3 is 25.2 Å². The van der Waals surface area contributed by atoms with Crippen LogP contribution in [0.2, 0.25) is 0 Å². The Kier molecular flexibility index (Phi) is 8.32. The molecular formula is C28H30BrN7O2. The van der Waals surface area contributed by atoms with Gasteiger partial charge in [-0.3, -0.25) is 9.69 Å². The molecule has 10 heteroatoms. The van der Waals surface area contributed by atoms with E-state index in [1.54, 1.807) is 23.0 Å². The van der Waals surface area contributed by atoms with Crippen LogP contribution in [-0.2, 0) is 6.54 Å². The molecule has 1 aliphatic rings. The summed E-state index contributed by atoms with van der Waals surface area (Å²) < 4.78 is 2.32. The van der Waals surface area contributed by atoms with Crippen molar-refractivity contribution in [3.05, 3.63) is 99.5 Å². The lowest BCUT2D eigenvalue weighted by Crippen LogP contribution is -2.47. The van der Waals surface area contributed by atoms with Gasteiger partial charge in [0.1, 0.15) is 5.69 Å². The third kappa shape index (κ3) is 6.39. The van der Waals surface area contributed by atoms with E-state index in [9.17, 15) is 4.79 Å². The Morgan fingerprint density at radius 3 is 2.42 bits per heavy atom. The third-order valence-corrected chi connectivity index (χ3v) is 7.07. The van der Waals surface area contributed by atoms with Crippen LogP contribution in [0, 0.1) is 0 Å². The molecule has 3 heterocycles. The number of aromatic nitrogens is 3. The van der Waals surface area contributed by atoms with E-state index in [2.05, 4.69) is 58.5 Å². The van der Waals surface area contributed by atoms with E-state index >= 15 is 0 Å². The summed E-state index contributed by atoms with van der Waals surface area (Å²) in [6.07, 6.45) is 3.44. The monoisotopic (exact) mass is 575 g/mol. The second-order valence-electron chi connectivity index (χ2n) is 9.08. The van der Waals surface area contributed by atoms with Gasteiger partial charge in [-0.15, -0.1) is 0 Å². The topological polar surface area (TPSA) is 98.6 Å². The normalized spacial score (nSPS) is 13.9. The summed E-state index contributed by atoms with van der Waals surface area (Å²) in [6, 6.07) is 21.6. The number of nitrogens with one attached hydrogen (secondary N) is 2. The number of hydrogen-bond acceptors (Lipinski definition) is 8. The molecule has 1 saturated heterocycles. The average molecular weight is 576 g/mol. The van der Waals surface area contributed by atoms with Gasteiger partial charge in [0.15, 0.2) is 5.82 Å². The number of benzene rings is 2. The van der Waals surface area contributed by atoms with E-state index < -0.39 is 0 Å². The largest absolute Gasteiger partial charge is 0.395 e. The van der Waals surface area contributed by atoms with E-state index in [1.807, 2.05) is 48.5 Å². The van der Waals surface area contributed by atoms with E-state index in [0.717, 1.165) is 49.7 Å². The quantitative estimate of drug-likeness (QED) is 0.275. The number of rotatable bonds is 9. The zero-order chi connectivity index (χ0) is 26.3. The highest BCUT2D eigenvalue weighted by Gasteiger charge is 2.16. The molecule has 38 heavy (non-hydrogen) atoms. The van der Waals surface area contributed by atoms with Gasteiger partial charge in [-0.25, -0.2) is 4.98 Å². The van der Waals surface area contributed by atoms with Gasteiger partial charge in [0, 0.05) is 56.5 Å². The van der Waals surface area contributed by atoms with Crippen molar-refractivity contribution in [2.24, 2.45) is 0 Å². The predicted molar refractivity (Wildman–Crippen MR) is 155 cm³/mol. The minimum atomic E-state index is -0.135. The van der Waals surface area contributed by atoms with E-state index in [-0.39, 0.29) is 12.2 Å². The summed E-state index contributed by atoms with van der Waals surface area (Å²) in [4.78, 5) is 26.7. The lowest BCUT2D eigenvalue weighted by molar-refractivity contribution is 0.189. The highest BCUT2D eigenvalue weighted by atomic mass is 79.9. The van der Waals surface area contributed by atoms with Gasteiger partial charge in [-0.1, -0.05) is 30.3 Å². The van der Waals surface area contributed by atoms with Crippen molar-refractivity contribution >= 4 is 44.8 Å². The fourth-order valence-electron chi connectivity index (χ4n) is 4.43. The minimum absolute atomic E-state index is 0.135. The first-order valence-electron chi connectivity index (χ1n) is 12.6. The van der Waals surface area contributed by atoms with Crippen LogP contribution in [0.25, 0.3) is 0 Å². The van der Waals surface area contributed by atoms with Gasteiger partial charge in [0.25, 0.3) is 5.56 Å². The van der Waals surface area contributed by atoms with Crippen molar-refractivity contribution in [2.75, 3.05) is 54.9 Å². The molecule has 0 aliphatic carbocycles. The van der Waals surface area contributed by atoms with Crippen molar-refractivity contribution in [2.45, 2.75) is 6.54 Å². The molecule has 9 nitrogen and oxygen atoms in total. The number of aliphatic hydroxyl groups is 1. The number of pyridine rings is 1. The minimum Gasteiger partial charge on any atom is -0.395 e. The van der Waals surface area contributed by atoms with E-state index in [4.69, 9.17) is 5.11 Å². The van der Waals surface area contributed by atoms with Crippen molar-refractivity contribution in [1.82, 2.24) is 19.4 Å². The Bertz CT molecular complexity index is 1410. The molecule has 0 spiro atoms. The third-order valence-electron chi connectivity index (χ3n) is 6.49. The summed E-state index contributed by atoms with van der Waals surface area (Å²) in [5, 5.41) is 15.5. The van der Waals surface area contributed by atoms with E-state index in [0.29, 0.717) is 28.5 Å². The molecule has 0 amide bonds. The molecule has 1 aliphatic heterocycles. The number of hydrogen-bond donors (Lipinski definition) is 3. The van der Waals surface area contributed by atoms with Crippen LogP contribution >= 0.6 is 15.9 Å². The van der Waals surface area contributed by atoms with Crippen molar-refractivity contribution in [3.63, 3.8) is 0 Å². The van der Waals surface area contributed by atoms with Gasteiger partial charge >= 0.3 is 0 Å². The molecule has 2 aromatic heterocycles. The molecule has 1 fully saturated rings. The van der Waals surface area contributed by atoms with Gasteiger partial charge in [0.2, 0.25) is 5.95 Å². The van der Waals surface area contributed by atoms with E-state index in [1.165, 1.54) is 0 Å². The molecule has 0 bridgehead atoms. The van der Waals surface area contributed by atoms with Crippen LogP contribution in [0.4, 0.5) is 28.8 Å². The Morgan fingerprint density at radius 1 is 0.921 bits per heavy atom. The molecule has 0 radical (unpaired) electrons. The van der Waals surface area contributed by atoms with Crippen LogP contribution < -0.4 is 21.1 Å². The lowest BCUT2D eigenvalue weighted by atomic mass is 10.2. The number of β-amino-alcohol motifs (C(OH)–C–C–N with tert-alkyl or cyclic N) is 1. The Labute approximate surface area is 229 Å². The molecule has 2 aromatic carbocycles. The molecule has 3 N–H and O–H groups in total. The van der Waals surface area contributed by atoms with Crippen molar-refractivity contribution < 1.29 is 5.11 Å². The van der Waals surface area contributed by atoms with Crippen LogP contribution in [0.5, 0.6) is 0 Å². The maximum absolute atomic E-state index is 13.1. The van der Waals surface area contributed by atoms with Crippen LogP contribution in [-0.4, -0.2) is 63.9 Å². The zero-order valence-electron chi connectivity index (χ0n) is 20.9. The molecule has 0 saturated carbocycles. The summed E-state index contributed by atoms with van der Waals surface area (Å²) in [6.45, 7) is 5.18. The number of anilines is 5. The standard InChI is InChI=1S/C28H30BrN7O2/c29-24-19-30-28(31-22-8-10-23(11-9-22)35-15-13-34(14-16-35)17-18-37)33-26(24)32-25-7-4-12-36(27(25)38)20-21-5-2-1-3-6-21/h1-12,19,37H,13-18,20H2,(H2,30,31,32,33). The molecule has 196 valence electrons. The van der Waals surface area contributed by atoms with Crippen LogP contribution in [0.3, 0.4) is 0 Å². The van der Waals surface area contributed by atoms with Crippen LogP contribution in [0.1, 0.15) is 5.56 Å². The molecular weight excluding hydrogens is 546 g/mol. The second-order valence-corrected chi connectivity index (χ2v) is 9.93. The van der Waals surface area contributed by atoms with Crippen LogP contribution in [0.15, 0.2) is 88.4 Å². The fraction of sp³-hybridized carbons (Fsp3) is 0.250. The Hall–Kier alpha value is -3.73. The molecule has 4 aromatic rings. The summed E-state index contributed by atoms with van der Waals surface area (Å²) in [5.41, 5.74) is 3.37. The molecule has 0 atom stereocenters. The van der Waals surface area contributed by atoms with Crippen molar-refractivity contribution in [3.8, 4) is 0 Å². The van der Waals surface area contributed by atoms with Gasteiger partial charge in [0.05, 0.1) is 17.6 Å². The number of nitrogens with zero attached hydrogens (tertiary/aromatic N) is 5. The maximum Gasteiger partial charge on any atom is 0.274 e. The summed E-state index contributed by atoms with van der Waals surface area (Å²) >= 11 is 3.49. The van der Waals surface area contributed by atoms with Gasteiger partial charge in [-0.2, -0.15) is 4.98 Å². The highest BCUT2D eigenvalue weighted by molar-refractivity contribution is 9.10. The number of halogens is 1. The maximum atomic E-state index is 13.1. The first-order valence-corrected chi connectivity index (χ1v) is 13.4. The second kappa shape index (κ2) is 12.2. The Morgan fingerprint density at radius 2 is 1.68 bits per heavy atom. The SMILES string of the molecule is O=c1c(Nc2nc(Nc3ccc(N4CCN(CCO)CC4)cc3)ncc2Br)cccn1Cc1ccccc1. The lowest BCUT2D eigenvalue weighted by Gasteiger charge is -2.35. The van der Waals surface area contributed by atoms with Crippen molar-refractivity contribution in [1.29, 1.82) is 0 Å². The first-order chi connectivity index (χ1) is 18.6. The number of aliphatic hydroxyl groups excluding tert-OH is 1. The predicted octanol–water partition coefficient (Wildman–Crippen LogP) is 4.05.